The molecule has 5 rings (SSSR count). The Morgan fingerprint density at radius 2 is 1.60 bits per heavy atom. The first kappa shape index (κ1) is 31.3. The number of halogens is 1. The number of hydrogen-bond acceptors (Lipinski definition) is 10. The number of nitrogen functional groups attached to an aromatic ring is 1. The molecule has 2 N–H and O–H groups in total. The number of methoxy groups -OCH3 is 4. The van der Waals surface area contributed by atoms with E-state index in [0.29, 0.717) is 76.9 Å². The Hall–Kier alpha value is -4.61. The molecule has 1 aliphatic heterocycles. The highest BCUT2D eigenvalue weighted by Crippen LogP contribution is 2.43. The maximum Gasteiger partial charge on any atom is 0.357 e. The Morgan fingerprint density at radius 1 is 0.907 bits per heavy atom. The second kappa shape index (κ2) is 13.6. The molecule has 0 radical (unpaired) electrons. The number of esters is 1. The molecule has 1 saturated heterocycles. The van der Waals surface area contributed by atoms with Crippen LogP contribution in [0.2, 0.25) is 0 Å². The van der Waals surface area contributed by atoms with Crippen molar-refractivity contribution >= 4 is 34.8 Å². The molecule has 1 aliphatic rings. The van der Waals surface area contributed by atoms with Gasteiger partial charge in [0.15, 0.2) is 17.2 Å². The molecule has 0 saturated carbocycles. The average molecular weight is 612 g/mol. The van der Waals surface area contributed by atoms with Gasteiger partial charge in [0.05, 0.1) is 60.1 Å². The van der Waals surface area contributed by atoms with Gasteiger partial charge >= 0.3 is 5.97 Å². The maximum atomic E-state index is 14.2. The van der Waals surface area contributed by atoms with E-state index in [-0.39, 0.29) is 24.7 Å². The van der Waals surface area contributed by atoms with Gasteiger partial charge in [-0.1, -0.05) is 12.1 Å². The first-order valence-corrected chi connectivity index (χ1v) is 13.3. The van der Waals surface area contributed by atoms with E-state index in [1.54, 1.807) is 41.4 Å². The summed E-state index contributed by atoms with van der Waals surface area (Å²) >= 11 is 0. The molecule has 11 nitrogen and oxygen atoms in total. The van der Waals surface area contributed by atoms with Crippen LogP contribution in [0, 0.1) is 0 Å². The molecule has 0 unspecified atom stereocenters. The van der Waals surface area contributed by atoms with Gasteiger partial charge in [-0.2, -0.15) is 0 Å². The van der Waals surface area contributed by atoms with E-state index in [0.717, 1.165) is 5.56 Å². The van der Waals surface area contributed by atoms with E-state index in [1.165, 1.54) is 33.1 Å². The number of anilines is 1. The predicted octanol–water partition coefficient (Wildman–Crippen LogP) is 4.03. The number of ether oxygens (including phenoxy) is 6. The predicted molar refractivity (Wildman–Crippen MR) is 166 cm³/mol. The number of carbonyl (C=O) groups is 1. The summed E-state index contributed by atoms with van der Waals surface area (Å²) in [4.78, 5) is 27.7. The SMILES string of the molecule is COC(=O)c1c(-c2cc(OC)c(OC)c(OC)c2)c2ccc(OCc3cccc(N)c3)cc2c(=O)n1N1CCOCC1.Cl. The van der Waals surface area contributed by atoms with Crippen LogP contribution in [-0.4, -0.2) is 65.4 Å². The summed E-state index contributed by atoms with van der Waals surface area (Å²) in [7, 11) is 5.82. The van der Waals surface area contributed by atoms with Crippen molar-refractivity contribution in [3.8, 4) is 34.1 Å². The van der Waals surface area contributed by atoms with Gasteiger partial charge in [0, 0.05) is 11.3 Å². The number of hydrogen-bond donors (Lipinski definition) is 1. The van der Waals surface area contributed by atoms with Crippen molar-refractivity contribution in [2.24, 2.45) is 0 Å². The number of benzene rings is 3. The van der Waals surface area contributed by atoms with E-state index in [4.69, 9.17) is 34.2 Å². The zero-order valence-corrected chi connectivity index (χ0v) is 25.2. The second-order valence-electron chi connectivity index (χ2n) is 9.55. The van der Waals surface area contributed by atoms with Crippen molar-refractivity contribution in [1.82, 2.24) is 4.68 Å². The lowest BCUT2D eigenvalue weighted by Gasteiger charge is -2.33. The lowest BCUT2D eigenvalue weighted by Crippen LogP contribution is -2.51. The zero-order valence-electron chi connectivity index (χ0n) is 24.4. The molecule has 0 bridgehead atoms. The third-order valence-electron chi connectivity index (χ3n) is 7.09. The van der Waals surface area contributed by atoms with Crippen molar-refractivity contribution in [2.45, 2.75) is 6.61 Å². The summed E-state index contributed by atoms with van der Waals surface area (Å²) < 4.78 is 34.9. The van der Waals surface area contributed by atoms with Crippen molar-refractivity contribution in [3.05, 3.63) is 76.2 Å². The monoisotopic (exact) mass is 611 g/mol. The molecule has 2 heterocycles. The molecule has 1 aromatic heterocycles. The van der Waals surface area contributed by atoms with Gasteiger partial charge in [0.25, 0.3) is 5.56 Å². The molecule has 0 aliphatic carbocycles. The third kappa shape index (κ3) is 6.13. The number of pyridine rings is 1. The van der Waals surface area contributed by atoms with Gasteiger partial charge in [-0.15, -0.1) is 12.4 Å². The Balaban J connectivity index is 0.00000423. The Labute approximate surface area is 255 Å². The van der Waals surface area contributed by atoms with Crippen LogP contribution in [0.4, 0.5) is 5.69 Å². The fourth-order valence-corrected chi connectivity index (χ4v) is 5.13. The lowest BCUT2D eigenvalue weighted by molar-refractivity contribution is 0.0580. The molecular formula is C31H34ClN3O8. The molecule has 0 amide bonds. The quantitative estimate of drug-likeness (QED) is 0.219. The van der Waals surface area contributed by atoms with Crippen molar-refractivity contribution < 1.29 is 33.2 Å². The van der Waals surface area contributed by atoms with Crippen LogP contribution in [0.3, 0.4) is 0 Å². The lowest BCUT2D eigenvalue weighted by atomic mass is 9.96. The molecule has 3 aromatic carbocycles. The first-order chi connectivity index (χ1) is 20.4. The summed E-state index contributed by atoms with van der Waals surface area (Å²) in [6.45, 7) is 1.85. The number of carbonyl (C=O) groups excluding carboxylic acids is 1. The van der Waals surface area contributed by atoms with E-state index >= 15 is 0 Å². The van der Waals surface area contributed by atoms with Crippen molar-refractivity contribution in [2.75, 3.05) is 65.5 Å². The molecule has 12 heteroatoms. The molecule has 228 valence electrons. The molecule has 43 heavy (non-hydrogen) atoms. The highest BCUT2D eigenvalue weighted by molar-refractivity contribution is 6.07. The van der Waals surface area contributed by atoms with Gasteiger partial charge in [0.1, 0.15) is 12.4 Å². The highest BCUT2D eigenvalue weighted by atomic mass is 35.5. The fraction of sp³-hybridized carbons (Fsp3) is 0.290. The van der Waals surface area contributed by atoms with Crippen LogP contribution in [0.5, 0.6) is 23.0 Å². The smallest absolute Gasteiger partial charge is 0.357 e. The van der Waals surface area contributed by atoms with Crippen LogP contribution >= 0.6 is 12.4 Å². The fourth-order valence-electron chi connectivity index (χ4n) is 5.13. The standard InChI is InChI=1S/C31H33N3O8.ClH/c1-37-25-15-20(16-26(38-2)29(25)39-3)27-23-9-8-22(42-18-19-6-5-7-21(32)14-19)17-24(23)30(35)34(28(27)31(36)40-4)33-10-12-41-13-11-33;/h5-9,14-17H,10-13,18,32H2,1-4H3;1H. The number of nitrogens with two attached hydrogens (primary N) is 1. The highest BCUT2D eigenvalue weighted by Gasteiger charge is 2.29. The third-order valence-corrected chi connectivity index (χ3v) is 7.09. The first-order valence-electron chi connectivity index (χ1n) is 13.3. The minimum absolute atomic E-state index is 0. The van der Waals surface area contributed by atoms with Gasteiger partial charge in [-0.05, 0) is 59.0 Å². The minimum atomic E-state index is -0.675. The summed E-state index contributed by atoms with van der Waals surface area (Å²) in [5.41, 5.74) is 8.14. The van der Waals surface area contributed by atoms with E-state index in [1.807, 2.05) is 18.2 Å². The Morgan fingerprint density at radius 3 is 2.21 bits per heavy atom. The van der Waals surface area contributed by atoms with Gasteiger partial charge < -0.3 is 39.2 Å². The minimum Gasteiger partial charge on any atom is -0.493 e. The van der Waals surface area contributed by atoms with E-state index in [2.05, 4.69) is 0 Å². The maximum absolute atomic E-state index is 14.2. The van der Waals surface area contributed by atoms with Gasteiger partial charge in [-0.25, -0.2) is 9.47 Å². The largest absolute Gasteiger partial charge is 0.493 e. The Kier molecular flexibility index (Phi) is 9.89. The topological polar surface area (TPSA) is 124 Å². The summed E-state index contributed by atoms with van der Waals surface area (Å²) in [6.07, 6.45) is 0. The van der Waals surface area contributed by atoms with Crippen LogP contribution < -0.4 is 35.2 Å². The number of fused-ring (bicyclic) bond motifs is 1. The molecular weight excluding hydrogens is 578 g/mol. The second-order valence-corrected chi connectivity index (χ2v) is 9.55. The number of morpholine rings is 1. The molecule has 0 atom stereocenters. The summed E-state index contributed by atoms with van der Waals surface area (Å²) in [5.74, 6) is 0.985. The van der Waals surface area contributed by atoms with Crippen molar-refractivity contribution in [3.63, 3.8) is 0 Å². The summed E-state index contributed by atoms with van der Waals surface area (Å²) in [6, 6.07) is 16.1. The van der Waals surface area contributed by atoms with Gasteiger partial charge in [-0.3, -0.25) is 4.79 Å². The van der Waals surface area contributed by atoms with Gasteiger partial charge in [0.2, 0.25) is 5.75 Å². The van der Waals surface area contributed by atoms with E-state index in [9.17, 15) is 9.59 Å². The van der Waals surface area contributed by atoms with Crippen LogP contribution in [0.25, 0.3) is 21.9 Å². The number of aromatic nitrogens is 1. The normalized spacial score (nSPS) is 12.8. The summed E-state index contributed by atoms with van der Waals surface area (Å²) in [5, 5.41) is 2.66. The molecule has 1 fully saturated rings. The van der Waals surface area contributed by atoms with Crippen LogP contribution in [-0.2, 0) is 16.1 Å². The number of rotatable bonds is 9. The van der Waals surface area contributed by atoms with Crippen molar-refractivity contribution in [1.29, 1.82) is 0 Å². The number of nitrogens with zero attached hydrogens (tertiary/aromatic N) is 2. The van der Waals surface area contributed by atoms with Crippen LogP contribution in [0.15, 0.2) is 59.4 Å². The Bertz CT molecular complexity index is 1660. The average Bonchev–Trinajstić information content (AvgIpc) is 3.03. The molecule has 0 spiro atoms. The molecule has 4 aromatic rings. The van der Waals surface area contributed by atoms with Crippen LogP contribution in [0.1, 0.15) is 16.1 Å². The van der Waals surface area contributed by atoms with E-state index < -0.39 is 11.5 Å². The zero-order chi connectivity index (χ0) is 29.8.